The zero-order valence-corrected chi connectivity index (χ0v) is 16.5. The van der Waals surface area contributed by atoms with E-state index >= 15 is 0 Å². The summed E-state index contributed by atoms with van der Waals surface area (Å²) >= 11 is 0. The second-order valence-corrected chi connectivity index (χ2v) is 6.42. The van der Waals surface area contributed by atoms with E-state index in [1.807, 2.05) is 38.1 Å². The molecule has 0 saturated heterocycles. The highest BCUT2D eigenvalue weighted by atomic mass is 16.5. The molecule has 0 spiro atoms. The van der Waals surface area contributed by atoms with Gasteiger partial charge in [-0.05, 0) is 43.5 Å². The highest BCUT2D eigenvalue weighted by Crippen LogP contribution is 2.15. The van der Waals surface area contributed by atoms with Gasteiger partial charge in [-0.15, -0.1) is 0 Å². The summed E-state index contributed by atoms with van der Waals surface area (Å²) in [6.07, 6.45) is 5.12. The van der Waals surface area contributed by atoms with Gasteiger partial charge in [0.2, 0.25) is 5.91 Å². The summed E-state index contributed by atoms with van der Waals surface area (Å²) in [5.74, 6) is 0.0453. The fraction of sp³-hybridized carbons (Fsp3) is 0.524. The molecular formula is C21H31NO4. The lowest BCUT2D eigenvalue weighted by Crippen LogP contribution is -2.42. The third kappa shape index (κ3) is 6.90. The van der Waals surface area contributed by atoms with Crippen molar-refractivity contribution in [1.82, 2.24) is 4.90 Å². The molecule has 2 atom stereocenters. The van der Waals surface area contributed by atoms with Gasteiger partial charge in [-0.3, -0.25) is 9.59 Å². The van der Waals surface area contributed by atoms with Gasteiger partial charge in [0.05, 0.1) is 19.6 Å². The van der Waals surface area contributed by atoms with Gasteiger partial charge in [-0.25, -0.2) is 0 Å². The Kier molecular flexibility index (Phi) is 9.48. The van der Waals surface area contributed by atoms with Gasteiger partial charge in [-0.1, -0.05) is 32.9 Å². The van der Waals surface area contributed by atoms with Gasteiger partial charge in [-0.2, -0.15) is 0 Å². The highest BCUT2D eigenvalue weighted by Gasteiger charge is 2.23. The van der Waals surface area contributed by atoms with Crippen molar-refractivity contribution in [2.45, 2.75) is 46.6 Å². The quantitative estimate of drug-likeness (QED) is 0.468. The molecule has 0 aliphatic heterocycles. The average molecular weight is 361 g/mol. The second kappa shape index (κ2) is 11.3. The third-order valence-corrected chi connectivity index (χ3v) is 4.25. The largest absolute Gasteiger partial charge is 0.494 e. The van der Waals surface area contributed by atoms with Crippen molar-refractivity contribution in [3.8, 4) is 5.75 Å². The number of hydrogen-bond acceptors (Lipinski definition) is 4. The lowest BCUT2D eigenvalue weighted by atomic mass is 10.1. The Balaban J connectivity index is 2.78. The van der Waals surface area contributed by atoms with E-state index in [2.05, 4.69) is 6.92 Å². The van der Waals surface area contributed by atoms with Crippen LogP contribution in [0, 0.1) is 5.92 Å². The van der Waals surface area contributed by atoms with Gasteiger partial charge in [0, 0.05) is 18.7 Å². The van der Waals surface area contributed by atoms with Gasteiger partial charge < -0.3 is 14.4 Å². The van der Waals surface area contributed by atoms with E-state index in [0.29, 0.717) is 13.2 Å². The van der Waals surface area contributed by atoms with E-state index in [9.17, 15) is 9.59 Å². The molecule has 0 radical (unpaired) electrons. The summed E-state index contributed by atoms with van der Waals surface area (Å²) in [7, 11) is 1.36. The van der Waals surface area contributed by atoms with Crippen LogP contribution in [-0.4, -0.2) is 43.1 Å². The van der Waals surface area contributed by atoms with E-state index < -0.39 is 0 Å². The summed E-state index contributed by atoms with van der Waals surface area (Å²) in [5, 5.41) is 0. The minimum atomic E-state index is -0.360. The summed E-state index contributed by atoms with van der Waals surface area (Å²) in [4.78, 5) is 26.0. The van der Waals surface area contributed by atoms with Crippen LogP contribution in [0.4, 0.5) is 0 Å². The zero-order chi connectivity index (χ0) is 19.5. The fourth-order valence-electron chi connectivity index (χ4n) is 2.44. The molecule has 1 aromatic carbocycles. The van der Waals surface area contributed by atoms with Crippen molar-refractivity contribution in [2.75, 3.05) is 20.3 Å². The summed E-state index contributed by atoms with van der Waals surface area (Å²) in [6, 6.07) is 7.67. The number of amides is 1. The van der Waals surface area contributed by atoms with Crippen LogP contribution in [0.3, 0.4) is 0 Å². The van der Waals surface area contributed by atoms with Crippen LogP contribution < -0.4 is 4.74 Å². The molecule has 2 unspecified atom stereocenters. The predicted octanol–water partition coefficient (Wildman–Crippen LogP) is 3.92. The summed E-state index contributed by atoms with van der Waals surface area (Å²) < 4.78 is 10.3. The monoisotopic (exact) mass is 361 g/mol. The lowest BCUT2D eigenvalue weighted by Gasteiger charge is -2.29. The molecule has 0 aliphatic carbocycles. The third-order valence-electron chi connectivity index (χ3n) is 4.25. The highest BCUT2D eigenvalue weighted by molar-refractivity contribution is 5.92. The van der Waals surface area contributed by atoms with E-state index in [1.54, 1.807) is 24.0 Å². The molecule has 0 heterocycles. The topological polar surface area (TPSA) is 55.8 Å². The van der Waals surface area contributed by atoms with Crippen LogP contribution in [0.25, 0.3) is 6.08 Å². The summed E-state index contributed by atoms with van der Waals surface area (Å²) in [6.45, 7) is 8.87. The van der Waals surface area contributed by atoms with Crippen molar-refractivity contribution >= 4 is 18.0 Å². The minimum absolute atomic E-state index is 0.0454. The molecule has 5 heteroatoms. The maximum Gasteiger partial charge on any atom is 0.310 e. The number of carbonyl (C=O) groups excluding carboxylic acids is 2. The molecule has 0 bridgehead atoms. The number of ether oxygens (including phenoxy) is 2. The Morgan fingerprint density at radius 2 is 1.81 bits per heavy atom. The molecule has 5 nitrogen and oxygen atoms in total. The van der Waals surface area contributed by atoms with E-state index in [1.165, 1.54) is 7.11 Å². The smallest absolute Gasteiger partial charge is 0.310 e. The first kappa shape index (κ1) is 21.7. The van der Waals surface area contributed by atoms with Crippen molar-refractivity contribution in [3.05, 3.63) is 35.9 Å². The normalized spacial score (nSPS) is 13.3. The van der Waals surface area contributed by atoms with Gasteiger partial charge in [0.1, 0.15) is 5.75 Å². The van der Waals surface area contributed by atoms with Crippen LogP contribution in [0.1, 0.15) is 46.1 Å². The van der Waals surface area contributed by atoms with Crippen LogP contribution in [0.5, 0.6) is 5.75 Å². The van der Waals surface area contributed by atoms with E-state index in [-0.39, 0.29) is 23.8 Å². The van der Waals surface area contributed by atoms with Crippen LogP contribution in [-0.2, 0) is 14.3 Å². The van der Waals surface area contributed by atoms with Crippen LogP contribution >= 0.6 is 0 Å². The number of esters is 1. The summed E-state index contributed by atoms with van der Waals surface area (Å²) in [5.41, 5.74) is 0.923. The molecule has 1 aromatic rings. The molecular weight excluding hydrogens is 330 g/mol. The lowest BCUT2D eigenvalue weighted by molar-refractivity contribution is -0.146. The number of nitrogens with zero attached hydrogens (tertiary/aromatic N) is 1. The number of methoxy groups -OCH3 is 1. The molecule has 0 fully saturated rings. The number of carbonyl (C=O) groups is 2. The first-order valence-electron chi connectivity index (χ1n) is 9.22. The zero-order valence-electron chi connectivity index (χ0n) is 16.5. The number of hydrogen-bond donors (Lipinski definition) is 0. The molecule has 0 N–H and O–H groups in total. The Morgan fingerprint density at radius 3 is 2.35 bits per heavy atom. The van der Waals surface area contributed by atoms with Gasteiger partial charge in [0.15, 0.2) is 0 Å². The first-order chi connectivity index (χ1) is 12.4. The molecule has 0 aliphatic rings. The second-order valence-electron chi connectivity index (χ2n) is 6.42. The first-order valence-corrected chi connectivity index (χ1v) is 9.22. The molecule has 1 amide bonds. The maximum atomic E-state index is 12.6. The molecule has 1 rings (SSSR count). The Hall–Kier alpha value is -2.30. The molecule has 26 heavy (non-hydrogen) atoms. The Labute approximate surface area is 157 Å². The van der Waals surface area contributed by atoms with Crippen molar-refractivity contribution in [3.63, 3.8) is 0 Å². The minimum Gasteiger partial charge on any atom is -0.494 e. The molecule has 0 aromatic heterocycles. The predicted molar refractivity (Wildman–Crippen MR) is 104 cm³/mol. The Morgan fingerprint density at radius 1 is 1.15 bits per heavy atom. The van der Waals surface area contributed by atoms with Crippen molar-refractivity contribution in [2.24, 2.45) is 5.92 Å². The fourth-order valence-corrected chi connectivity index (χ4v) is 2.44. The van der Waals surface area contributed by atoms with Gasteiger partial charge >= 0.3 is 5.97 Å². The number of benzene rings is 1. The van der Waals surface area contributed by atoms with Gasteiger partial charge in [0.25, 0.3) is 0 Å². The van der Waals surface area contributed by atoms with Crippen LogP contribution in [0.2, 0.25) is 0 Å². The maximum absolute atomic E-state index is 12.6. The standard InChI is InChI=1S/C21H31NO4/c1-6-14-26-19-11-8-18(9-12-19)10-13-20(23)22(17(4)7-2)15-16(3)21(24)25-5/h8-13,16-17H,6-7,14-15H2,1-5H3/b13-10+. The van der Waals surface area contributed by atoms with Crippen molar-refractivity contribution < 1.29 is 19.1 Å². The molecule has 144 valence electrons. The van der Waals surface area contributed by atoms with E-state index in [4.69, 9.17) is 9.47 Å². The number of rotatable bonds is 10. The van der Waals surface area contributed by atoms with E-state index in [0.717, 1.165) is 24.2 Å². The van der Waals surface area contributed by atoms with Crippen LogP contribution in [0.15, 0.2) is 30.3 Å². The SMILES string of the molecule is CCCOc1ccc(/C=C/C(=O)N(CC(C)C(=O)OC)C(C)CC)cc1. The Bertz CT molecular complexity index is 595. The molecule has 0 saturated carbocycles. The van der Waals surface area contributed by atoms with Crippen molar-refractivity contribution in [1.29, 1.82) is 0 Å². The average Bonchev–Trinajstić information content (AvgIpc) is 2.67.